The highest BCUT2D eigenvalue weighted by molar-refractivity contribution is 6.31. The van der Waals surface area contributed by atoms with Crippen molar-refractivity contribution < 1.29 is 23.8 Å². The lowest BCUT2D eigenvalue weighted by molar-refractivity contribution is -0.136. The lowest BCUT2D eigenvalue weighted by Crippen LogP contribution is -2.19. The zero-order valence-corrected chi connectivity index (χ0v) is 16.8. The summed E-state index contributed by atoms with van der Waals surface area (Å²) in [6, 6.07) is 8.34. The second kappa shape index (κ2) is 8.91. The molecule has 0 unspecified atom stereocenters. The summed E-state index contributed by atoms with van der Waals surface area (Å²) in [6.07, 6.45) is 0. The normalized spacial score (nSPS) is 10.6. The van der Waals surface area contributed by atoms with Crippen LogP contribution in [-0.4, -0.2) is 25.5 Å². The van der Waals surface area contributed by atoms with Crippen molar-refractivity contribution in [2.24, 2.45) is 0 Å². The van der Waals surface area contributed by atoms with Crippen LogP contribution in [0.2, 0.25) is 5.02 Å². The Hall–Kier alpha value is -2.53. The summed E-state index contributed by atoms with van der Waals surface area (Å²) in [5, 5.41) is 0.630. The molecule has 0 saturated heterocycles. The molecule has 0 atom stereocenters. The summed E-state index contributed by atoms with van der Waals surface area (Å²) >= 11 is 6.17. The van der Waals surface area contributed by atoms with Gasteiger partial charge in [0.2, 0.25) is 0 Å². The molecule has 0 radical (unpaired) electrons. The van der Waals surface area contributed by atoms with Gasteiger partial charge in [-0.25, -0.2) is 4.79 Å². The number of Topliss-reactive ketones (excluding diaryl/α,β-unsaturated/α-hetero) is 1. The van der Waals surface area contributed by atoms with Crippen molar-refractivity contribution in [3.63, 3.8) is 0 Å². The van der Waals surface area contributed by atoms with Crippen LogP contribution in [0.25, 0.3) is 0 Å². The lowest BCUT2D eigenvalue weighted by Gasteiger charge is -2.15. The first kappa shape index (κ1) is 20.8. The molecule has 2 aromatic rings. The molecule has 2 rings (SSSR count). The van der Waals surface area contributed by atoms with Gasteiger partial charge in [-0.1, -0.05) is 25.4 Å². The van der Waals surface area contributed by atoms with Crippen LogP contribution < -0.4 is 14.2 Å². The first-order valence-electron chi connectivity index (χ1n) is 8.55. The van der Waals surface area contributed by atoms with Crippen LogP contribution >= 0.6 is 11.6 Å². The maximum absolute atomic E-state index is 12.3. The average molecular weight is 391 g/mol. The molecule has 0 aliphatic carbocycles. The van der Waals surface area contributed by atoms with Crippen LogP contribution in [0.3, 0.4) is 0 Å². The second-order valence-electron chi connectivity index (χ2n) is 6.48. The number of benzene rings is 2. The first-order chi connectivity index (χ1) is 12.7. The first-order valence-corrected chi connectivity index (χ1v) is 8.93. The van der Waals surface area contributed by atoms with Crippen LogP contribution in [0.15, 0.2) is 30.3 Å². The molecular weight excluding hydrogens is 368 g/mol. The molecule has 144 valence electrons. The smallest absolute Gasteiger partial charge is 0.349 e. The van der Waals surface area contributed by atoms with E-state index in [0.717, 1.165) is 11.1 Å². The molecule has 0 N–H and O–H groups in total. The SMILES string of the molecule is COc1cc(C(C)=O)ccc1OCC(=O)Oc1cc(C)c(Cl)cc1C(C)C. The molecular formula is C21H23ClO5. The topological polar surface area (TPSA) is 61.8 Å². The van der Waals surface area contributed by atoms with Crippen molar-refractivity contribution >= 4 is 23.4 Å². The molecule has 0 aliphatic rings. The van der Waals surface area contributed by atoms with Crippen molar-refractivity contribution in [1.29, 1.82) is 0 Å². The minimum Gasteiger partial charge on any atom is -0.493 e. The van der Waals surface area contributed by atoms with Gasteiger partial charge in [-0.05, 0) is 61.2 Å². The van der Waals surface area contributed by atoms with E-state index >= 15 is 0 Å². The highest BCUT2D eigenvalue weighted by Gasteiger charge is 2.16. The van der Waals surface area contributed by atoms with Crippen LogP contribution in [0.1, 0.15) is 48.2 Å². The number of ketones is 1. The molecule has 27 heavy (non-hydrogen) atoms. The van der Waals surface area contributed by atoms with Crippen LogP contribution in [-0.2, 0) is 4.79 Å². The minimum atomic E-state index is -0.545. The predicted octanol–water partition coefficient (Wildman–Crippen LogP) is 4.97. The summed E-state index contributed by atoms with van der Waals surface area (Å²) in [5.74, 6) is 0.719. The van der Waals surface area contributed by atoms with Crippen LogP contribution in [0, 0.1) is 6.92 Å². The molecule has 0 heterocycles. The third-order valence-electron chi connectivity index (χ3n) is 4.05. The average Bonchev–Trinajstić information content (AvgIpc) is 2.62. The van der Waals surface area contributed by atoms with E-state index in [1.54, 1.807) is 24.3 Å². The van der Waals surface area contributed by atoms with E-state index in [2.05, 4.69) is 0 Å². The lowest BCUT2D eigenvalue weighted by atomic mass is 10.0. The maximum Gasteiger partial charge on any atom is 0.349 e. The van der Waals surface area contributed by atoms with E-state index in [1.165, 1.54) is 14.0 Å². The number of halogens is 1. The molecule has 5 nitrogen and oxygen atoms in total. The van der Waals surface area contributed by atoms with Crippen molar-refractivity contribution in [2.75, 3.05) is 13.7 Å². The molecule has 6 heteroatoms. The molecule has 0 amide bonds. The Kier molecular flexibility index (Phi) is 6.86. The van der Waals surface area contributed by atoms with Gasteiger partial charge in [0.25, 0.3) is 0 Å². The second-order valence-corrected chi connectivity index (χ2v) is 6.89. The Morgan fingerprint density at radius 1 is 1.07 bits per heavy atom. The number of aryl methyl sites for hydroxylation is 1. The molecule has 0 aliphatic heterocycles. The van der Waals surface area contributed by atoms with Crippen molar-refractivity contribution in [3.8, 4) is 17.2 Å². The van der Waals surface area contributed by atoms with Gasteiger partial charge >= 0.3 is 5.97 Å². The fourth-order valence-corrected chi connectivity index (χ4v) is 2.68. The number of hydrogen-bond acceptors (Lipinski definition) is 5. The van der Waals surface area contributed by atoms with Crippen molar-refractivity contribution in [1.82, 2.24) is 0 Å². The van der Waals surface area contributed by atoms with Gasteiger partial charge in [-0.2, -0.15) is 0 Å². The molecule has 0 bridgehead atoms. The summed E-state index contributed by atoms with van der Waals surface area (Å²) < 4.78 is 16.2. The summed E-state index contributed by atoms with van der Waals surface area (Å²) in [5.41, 5.74) is 2.17. The molecule has 0 spiro atoms. The van der Waals surface area contributed by atoms with Gasteiger partial charge in [0.05, 0.1) is 7.11 Å². The molecule has 0 aromatic heterocycles. The Balaban J connectivity index is 2.11. The predicted molar refractivity (Wildman–Crippen MR) is 104 cm³/mol. The van der Waals surface area contributed by atoms with E-state index in [-0.39, 0.29) is 18.3 Å². The Labute approximate surface area is 164 Å². The van der Waals surface area contributed by atoms with Gasteiger partial charge in [0, 0.05) is 10.6 Å². The Bertz CT molecular complexity index is 858. The van der Waals surface area contributed by atoms with Crippen molar-refractivity contribution in [3.05, 3.63) is 52.0 Å². The quantitative estimate of drug-likeness (QED) is 0.379. The number of esters is 1. The molecule has 0 fully saturated rings. The van der Waals surface area contributed by atoms with Gasteiger partial charge in [0.15, 0.2) is 23.9 Å². The van der Waals surface area contributed by atoms with Crippen molar-refractivity contribution in [2.45, 2.75) is 33.6 Å². The molecule has 2 aromatic carbocycles. The maximum atomic E-state index is 12.3. The monoisotopic (exact) mass is 390 g/mol. The van der Waals surface area contributed by atoms with Gasteiger partial charge in [-0.15, -0.1) is 0 Å². The van der Waals surface area contributed by atoms with Crippen LogP contribution in [0.5, 0.6) is 17.2 Å². The standard InChI is InChI=1S/C21H23ClO5/c1-12(2)16-10-17(22)13(3)8-19(16)27-21(24)11-26-18-7-6-15(14(4)23)9-20(18)25-5/h6-10,12H,11H2,1-5H3. The summed E-state index contributed by atoms with van der Waals surface area (Å²) in [7, 11) is 1.47. The van der Waals surface area contributed by atoms with E-state index in [0.29, 0.717) is 27.8 Å². The van der Waals surface area contributed by atoms with E-state index in [1.807, 2.05) is 26.8 Å². The highest BCUT2D eigenvalue weighted by atomic mass is 35.5. The van der Waals surface area contributed by atoms with Gasteiger partial charge in [-0.3, -0.25) is 4.79 Å². The zero-order valence-electron chi connectivity index (χ0n) is 16.1. The number of rotatable bonds is 7. The Morgan fingerprint density at radius 3 is 2.37 bits per heavy atom. The summed E-state index contributed by atoms with van der Waals surface area (Å²) in [4.78, 5) is 23.7. The zero-order chi connectivity index (χ0) is 20.1. The Morgan fingerprint density at radius 2 is 1.78 bits per heavy atom. The number of hydrogen-bond donors (Lipinski definition) is 0. The summed E-state index contributed by atoms with van der Waals surface area (Å²) in [6.45, 7) is 7.01. The molecule has 0 saturated carbocycles. The van der Waals surface area contributed by atoms with E-state index in [9.17, 15) is 9.59 Å². The number of ether oxygens (including phenoxy) is 3. The van der Waals surface area contributed by atoms with Gasteiger partial charge < -0.3 is 14.2 Å². The highest BCUT2D eigenvalue weighted by Crippen LogP contribution is 2.32. The fraction of sp³-hybridized carbons (Fsp3) is 0.333. The third-order valence-corrected chi connectivity index (χ3v) is 4.46. The third kappa shape index (κ3) is 5.23. The van der Waals surface area contributed by atoms with Gasteiger partial charge in [0.1, 0.15) is 5.75 Å². The number of carbonyl (C=O) groups excluding carboxylic acids is 2. The largest absolute Gasteiger partial charge is 0.493 e. The van der Waals surface area contributed by atoms with Crippen LogP contribution in [0.4, 0.5) is 0 Å². The van der Waals surface area contributed by atoms with E-state index in [4.69, 9.17) is 25.8 Å². The minimum absolute atomic E-state index is 0.0846. The fourth-order valence-electron chi connectivity index (χ4n) is 2.50. The van der Waals surface area contributed by atoms with E-state index < -0.39 is 5.97 Å². The number of carbonyl (C=O) groups is 2. The number of methoxy groups -OCH3 is 1.